The van der Waals surface area contributed by atoms with Crippen molar-refractivity contribution in [3.05, 3.63) is 41.7 Å². The smallest absolute Gasteiger partial charge is 0.412 e. The van der Waals surface area contributed by atoms with Gasteiger partial charge in [-0.2, -0.15) is 9.97 Å². The van der Waals surface area contributed by atoms with E-state index in [2.05, 4.69) is 16.1 Å². The first-order chi connectivity index (χ1) is 29.2. The Morgan fingerprint density at radius 1 is 1.02 bits per heavy atom. The summed E-state index contributed by atoms with van der Waals surface area (Å²) in [7, 11) is 0. The highest BCUT2D eigenvalue weighted by Crippen LogP contribution is 2.50. The van der Waals surface area contributed by atoms with Crippen molar-refractivity contribution in [2.75, 3.05) is 43.0 Å². The van der Waals surface area contributed by atoms with Crippen molar-refractivity contribution in [2.45, 2.75) is 122 Å². The number of carbonyl (C=O) groups excluding carboxylic acids is 2. The first kappa shape index (κ1) is 41.8. The number of halogens is 3. The van der Waals surface area contributed by atoms with E-state index < -0.39 is 47.3 Å². The van der Waals surface area contributed by atoms with Crippen LogP contribution in [0.25, 0.3) is 32.9 Å². The number of rotatable bonds is 7. The van der Waals surface area contributed by atoms with E-state index in [1.165, 1.54) is 0 Å². The third-order valence-electron chi connectivity index (χ3n) is 12.4. The molecular formula is C46H52F3N7O6. The van der Waals surface area contributed by atoms with E-state index in [0.29, 0.717) is 53.9 Å². The van der Waals surface area contributed by atoms with Crippen LogP contribution in [0.4, 0.5) is 34.3 Å². The molecule has 4 atom stereocenters. The number of nitrogens with one attached hydrogen (secondary N) is 1. The Labute approximate surface area is 358 Å². The monoisotopic (exact) mass is 855 g/mol. The number of nitrogens with zero attached hydrogens (tertiary/aromatic N) is 6. The molecule has 3 saturated heterocycles. The van der Waals surface area contributed by atoms with Crippen molar-refractivity contribution in [1.82, 2.24) is 24.8 Å². The molecule has 0 radical (unpaired) electrons. The SMILES string of the molecule is C#Cc1cccc2cc(NC(=O)OC(C)(C)C)cc(-c3nc4c5c(nc(OCC6(CN7CCC(F)(F)C7)CC6)nc5c3F)N3C[C@H]5CC[C@@H]([C@H]3[C@H](C)O4)N5C(=O)OC(C)(C)C)c12. The van der Waals surface area contributed by atoms with Gasteiger partial charge in [0.1, 0.15) is 39.7 Å². The van der Waals surface area contributed by atoms with E-state index in [1.807, 2.05) is 32.6 Å². The van der Waals surface area contributed by atoms with Crippen molar-refractivity contribution in [1.29, 1.82) is 0 Å². The van der Waals surface area contributed by atoms with Gasteiger partial charge in [0, 0.05) is 53.7 Å². The predicted octanol–water partition coefficient (Wildman–Crippen LogP) is 8.55. The number of benzene rings is 2. The van der Waals surface area contributed by atoms with Crippen LogP contribution in [0.3, 0.4) is 0 Å². The molecule has 1 saturated carbocycles. The fourth-order valence-corrected chi connectivity index (χ4v) is 9.65. The standard InChI is InChI=1S/C46H52F3N7O6/c1-9-26-11-10-12-27-19-28(50-41(57)61-43(3,4)5)20-30(32(26)27)35-34(47)36-33-38(53-40(52-36)59-24-45(15-16-45)22-54-18-17-46(48,49)23-54)55-21-29-13-14-31(37(55)25(2)60-39(33)51-35)56(29)42(58)62-44(6,7)8/h1,10-12,19-20,25,29,31,37H,13-18,21-24H2,2-8H3,(H,50,57)/t25-,29+,31-,37+/m0/s1. The molecule has 328 valence electrons. The fraction of sp³-hybridized carbons (Fsp3) is 0.543. The number of aromatic nitrogens is 3. The summed E-state index contributed by atoms with van der Waals surface area (Å²) in [5.74, 6) is -0.382. The largest absolute Gasteiger partial charge is 0.472 e. The van der Waals surface area contributed by atoms with E-state index in [1.54, 1.807) is 56.0 Å². The molecule has 62 heavy (non-hydrogen) atoms. The summed E-state index contributed by atoms with van der Waals surface area (Å²) in [6.07, 6.45) is 7.09. The summed E-state index contributed by atoms with van der Waals surface area (Å²) in [6, 6.07) is 7.54. The normalized spacial score (nSPS) is 23.6. The Morgan fingerprint density at radius 2 is 1.77 bits per heavy atom. The van der Waals surface area contributed by atoms with Crippen LogP contribution in [0, 0.1) is 23.6 Å². The number of piperazine rings is 1. The average molecular weight is 856 g/mol. The van der Waals surface area contributed by atoms with Gasteiger partial charge in [0.25, 0.3) is 5.92 Å². The molecule has 2 aromatic heterocycles. The number of amides is 2. The quantitative estimate of drug-likeness (QED) is 0.180. The van der Waals surface area contributed by atoms with Gasteiger partial charge in [-0.15, -0.1) is 6.42 Å². The number of terminal acetylenes is 1. The topological polar surface area (TPSA) is 131 Å². The molecule has 6 heterocycles. The number of alkyl halides is 2. The van der Waals surface area contributed by atoms with Gasteiger partial charge in [-0.25, -0.2) is 27.7 Å². The zero-order valence-corrected chi connectivity index (χ0v) is 36.1. The minimum Gasteiger partial charge on any atom is -0.472 e. The number of ether oxygens (including phenoxy) is 4. The highest BCUT2D eigenvalue weighted by Gasteiger charge is 2.54. The highest BCUT2D eigenvalue weighted by atomic mass is 19.3. The zero-order valence-electron chi connectivity index (χ0n) is 36.1. The second-order valence-electron chi connectivity index (χ2n) is 19.6. The lowest BCUT2D eigenvalue weighted by Crippen LogP contribution is -2.65. The van der Waals surface area contributed by atoms with Crippen LogP contribution in [0.15, 0.2) is 30.3 Å². The molecule has 4 aromatic rings. The molecular weight excluding hydrogens is 804 g/mol. The van der Waals surface area contributed by atoms with Crippen LogP contribution >= 0.6 is 0 Å². The van der Waals surface area contributed by atoms with Crippen LogP contribution in [-0.2, 0) is 9.47 Å². The zero-order chi connectivity index (χ0) is 44.1. The molecule has 1 aliphatic carbocycles. The Kier molecular flexibility index (Phi) is 9.96. The number of likely N-dealkylation sites (tertiary alicyclic amines) is 1. The molecule has 4 aliphatic heterocycles. The third kappa shape index (κ3) is 7.88. The Morgan fingerprint density at radius 3 is 2.45 bits per heavy atom. The van der Waals surface area contributed by atoms with Crippen molar-refractivity contribution >= 4 is 45.4 Å². The molecule has 9 rings (SSSR count). The van der Waals surface area contributed by atoms with Crippen LogP contribution in [0.1, 0.15) is 86.1 Å². The summed E-state index contributed by atoms with van der Waals surface area (Å²) in [4.78, 5) is 47.0. The van der Waals surface area contributed by atoms with Crippen LogP contribution in [0.2, 0.25) is 0 Å². The maximum atomic E-state index is 17.8. The molecule has 0 spiro atoms. The minimum absolute atomic E-state index is 0.0741. The molecule has 1 N–H and O–H groups in total. The number of pyridine rings is 1. The molecule has 5 aliphatic rings. The number of anilines is 2. The van der Waals surface area contributed by atoms with E-state index in [-0.39, 0.29) is 71.1 Å². The van der Waals surface area contributed by atoms with Gasteiger partial charge >= 0.3 is 18.2 Å². The van der Waals surface area contributed by atoms with Gasteiger partial charge in [0.05, 0.1) is 31.3 Å². The van der Waals surface area contributed by atoms with Crippen LogP contribution < -0.4 is 19.7 Å². The van der Waals surface area contributed by atoms with Gasteiger partial charge in [0.15, 0.2) is 5.82 Å². The highest BCUT2D eigenvalue weighted by molar-refractivity contribution is 6.06. The molecule has 16 heteroatoms. The lowest BCUT2D eigenvalue weighted by molar-refractivity contribution is 0.000858. The molecule has 2 bridgehead atoms. The van der Waals surface area contributed by atoms with Crippen LogP contribution in [-0.4, -0.2) is 111 Å². The van der Waals surface area contributed by atoms with E-state index >= 15 is 4.39 Å². The van der Waals surface area contributed by atoms with Crippen LogP contribution in [0.5, 0.6) is 11.9 Å². The maximum Gasteiger partial charge on any atom is 0.412 e. The second kappa shape index (κ2) is 14.8. The lowest BCUT2D eigenvalue weighted by Gasteiger charge is -2.48. The summed E-state index contributed by atoms with van der Waals surface area (Å²) in [6.45, 7) is 13.6. The van der Waals surface area contributed by atoms with E-state index in [4.69, 9.17) is 40.3 Å². The second-order valence-corrected chi connectivity index (χ2v) is 19.6. The number of hydrogen-bond donors (Lipinski definition) is 1. The average Bonchev–Trinajstić information content (AvgIpc) is 3.78. The molecule has 2 amide bonds. The Bertz CT molecular complexity index is 2530. The van der Waals surface area contributed by atoms with Crippen molar-refractivity contribution in [3.63, 3.8) is 0 Å². The maximum absolute atomic E-state index is 17.8. The van der Waals surface area contributed by atoms with Gasteiger partial charge in [-0.1, -0.05) is 18.1 Å². The summed E-state index contributed by atoms with van der Waals surface area (Å²) >= 11 is 0. The number of fused-ring (bicyclic) bond motifs is 6. The van der Waals surface area contributed by atoms with Gasteiger partial charge < -0.3 is 23.8 Å². The number of carbonyl (C=O) groups is 2. The lowest BCUT2D eigenvalue weighted by atomic mass is 9.95. The summed E-state index contributed by atoms with van der Waals surface area (Å²) < 4.78 is 70.7. The third-order valence-corrected chi connectivity index (χ3v) is 12.4. The van der Waals surface area contributed by atoms with Gasteiger partial charge in [-0.3, -0.25) is 15.1 Å². The van der Waals surface area contributed by atoms with Gasteiger partial charge in [0.2, 0.25) is 5.88 Å². The van der Waals surface area contributed by atoms with Crippen molar-refractivity contribution in [2.24, 2.45) is 5.41 Å². The van der Waals surface area contributed by atoms with Crippen molar-refractivity contribution in [3.8, 4) is 35.5 Å². The first-order valence-electron chi connectivity index (χ1n) is 21.3. The molecule has 4 fully saturated rings. The summed E-state index contributed by atoms with van der Waals surface area (Å²) in [5.41, 5.74) is -1.06. The summed E-state index contributed by atoms with van der Waals surface area (Å²) in [5, 5.41) is 4.14. The molecule has 13 nitrogen and oxygen atoms in total. The molecule has 2 aromatic carbocycles. The fourth-order valence-electron chi connectivity index (χ4n) is 9.65. The Hall–Kier alpha value is -5.56. The predicted molar refractivity (Wildman–Crippen MR) is 227 cm³/mol. The first-order valence-corrected chi connectivity index (χ1v) is 21.3. The van der Waals surface area contributed by atoms with Gasteiger partial charge in [-0.05, 0) is 97.7 Å². The molecule has 0 unspecified atom stereocenters. The minimum atomic E-state index is -2.72. The Balaban J connectivity index is 1.18. The van der Waals surface area contributed by atoms with Crippen molar-refractivity contribution < 1.29 is 41.7 Å². The van der Waals surface area contributed by atoms with E-state index in [0.717, 1.165) is 19.3 Å². The van der Waals surface area contributed by atoms with E-state index in [9.17, 15) is 18.4 Å². The number of hydrogen-bond acceptors (Lipinski definition) is 11.